The molecule has 0 bridgehead atoms. The van der Waals surface area contributed by atoms with Crippen molar-refractivity contribution in [2.45, 2.75) is 6.54 Å². The van der Waals surface area contributed by atoms with Crippen molar-refractivity contribution in [3.63, 3.8) is 0 Å². The van der Waals surface area contributed by atoms with Crippen LogP contribution in [0.4, 0.5) is 0 Å². The Hall–Kier alpha value is -2.55. The van der Waals surface area contributed by atoms with Crippen molar-refractivity contribution in [2.24, 2.45) is 16.5 Å². The van der Waals surface area contributed by atoms with E-state index in [1.807, 2.05) is 12.1 Å². The Morgan fingerprint density at radius 3 is 2.88 bits per heavy atom. The maximum absolute atomic E-state index is 12.2. The molecular weight excluding hydrogens is 362 g/mol. The van der Waals surface area contributed by atoms with E-state index in [1.54, 1.807) is 18.2 Å². The first-order valence-electron chi connectivity index (χ1n) is 7.33. The zero-order valence-electron chi connectivity index (χ0n) is 13.3. The molecule has 0 aliphatic rings. The van der Waals surface area contributed by atoms with Crippen LogP contribution in [0.25, 0.3) is 10.9 Å². The molecule has 6 N–H and O–H groups in total. The molecule has 0 aliphatic heterocycles. The number of guanidine groups is 1. The highest BCUT2D eigenvalue weighted by Gasteiger charge is 2.16. The van der Waals surface area contributed by atoms with E-state index in [9.17, 15) is 4.79 Å². The van der Waals surface area contributed by atoms with Gasteiger partial charge < -0.3 is 21.2 Å². The van der Waals surface area contributed by atoms with E-state index >= 15 is 0 Å². The number of H-pyrrole nitrogens is 1. The van der Waals surface area contributed by atoms with E-state index in [0.717, 1.165) is 4.88 Å². The maximum atomic E-state index is 12.2. The second-order valence-electron chi connectivity index (χ2n) is 5.11. The Kier molecular flexibility index (Phi) is 4.93. The minimum Gasteiger partial charge on any atom is -0.444 e. The van der Waals surface area contributed by atoms with E-state index < -0.39 is 5.91 Å². The number of halogens is 1. The number of amides is 1. The normalized spacial score (nSPS) is 11.7. The average molecular weight is 378 g/mol. The lowest BCUT2D eigenvalue weighted by Gasteiger charge is -2.05. The number of hydrogen-bond acceptors (Lipinski definition) is 5. The number of nitrogens with two attached hydrogens (primary N) is 2. The number of aromatic amines is 1. The molecule has 0 atom stereocenters. The fraction of sp³-hybridized carbons (Fsp3) is 0.125. The lowest BCUT2D eigenvalue weighted by atomic mass is 10.2. The lowest BCUT2D eigenvalue weighted by molar-refractivity contribution is 0.0972. The van der Waals surface area contributed by atoms with Gasteiger partial charge in [0, 0.05) is 23.9 Å². The van der Waals surface area contributed by atoms with E-state index in [-0.39, 0.29) is 5.96 Å². The molecule has 0 aliphatic carbocycles. The largest absolute Gasteiger partial charge is 0.444 e. The number of hydrogen-bond donors (Lipinski definition) is 4. The van der Waals surface area contributed by atoms with Gasteiger partial charge in [-0.2, -0.15) is 0 Å². The summed E-state index contributed by atoms with van der Waals surface area (Å²) in [6.45, 7) is 0.456. The Morgan fingerprint density at radius 2 is 2.20 bits per heavy atom. The molecule has 0 saturated heterocycles. The van der Waals surface area contributed by atoms with Gasteiger partial charge in [0.2, 0.25) is 0 Å². The SMILES string of the molecule is CN=C(N)NC(=O)c1cc2c(Cl)ccc(Oc3ccc(CN)s3)c2[nH]1. The molecule has 2 heterocycles. The molecular formula is C16H16ClN5O2S. The number of carbonyl (C=O) groups excluding carboxylic acids is 1. The highest BCUT2D eigenvalue weighted by Crippen LogP contribution is 2.36. The Bertz CT molecular complexity index is 963. The van der Waals surface area contributed by atoms with Crippen LogP contribution in [0.3, 0.4) is 0 Å². The summed E-state index contributed by atoms with van der Waals surface area (Å²) in [6, 6.07) is 8.86. The zero-order chi connectivity index (χ0) is 18.0. The van der Waals surface area contributed by atoms with Crippen molar-refractivity contribution in [2.75, 3.05) is 7.05 Å². The molecule has 2 aromatic heterocycles. The van der Waals surface area contributed by atoms with Crippen molar-refractivity contribution in [3.05, 3.63) is 45.9 Å². The average Bonchev–Trinajstić information content (AvgIpc) is 3.24. The third kappa shape index (κ3) is 3.60. The van der Waals surface area contributed by atoms with Crippen LogP contribution >= 0.6 is 22.9 Å². The summed E-state index contributed by atoms with van der Waals surface area (Å²) >= 11 is 7.70. The Morgan fingerprint density at radius 1 is 1.40 bits per heavy atom. The van der Waals surface area contributed by atoms with Crippen LogP contribution in [-0.4, -0.2) is 23.9 Å². The maximum Gasteiger partial charge on any atom is 0.274 e. The fourth-order valence-corrected chi connectivity index (χ4v) is 3.19. The Balaban J connectivity index is 1.97. The summed E-state index contributed by atoms with van der Waals surface area (Å²) in [4.78, 5) is 19.9. The monoisotopic (exact) mass is 377 g/mol. The molecule has 0 fully saturated rings. The molecule has 3 rings (SSSR count). The van der Waals surface area contributed by atoms with Gasteiger partial charge in [-0.25, -0.2) is 0 Å². The van der Waals surface area contributed by atoms with E-state index in [0.29, 0.717) is 39.0 Å². The highest BCUT2D eigenvalue weighted by atomic mass is 35.5. The molecule has 0 spiro atoms. The second kappa shape index (κ2) is 7.14. The molecule has 0 radical (unpaired) electrons. The summed E-state index contributed by atoms with van der Waals surface area (Å²) < 4.78 is 5.92. The number of aliphatic imine (C=N–C) groups is 1. The van der Waals surface area contributed by atoms with Crippen LogP contribution in [-0.2, 0) is 6.54 Å². The van der Waals surface area contributed by atoms with E-state index in [1.165, 1.54) is 18.4 Å². The highest BCUT2D eigenvalue weighted by molar-refractivity contribution is 7.13. The molecule has 7 nitrogen and oxygen atoms in total. The van der Waals surface area contributed by atoms with Gasteiger partial charge in [-0.1, -0.05) is 11.6 Å². The first-order chi connectivity index (χ1) is 12.0. The lowest BCUT2D eigenvalue weighted by Crippen LogP contribution is -2.36. The van der Waals surface area contributed by atoms with Crippen molar-refractivity contribution in [1.82, 2.24) is 10.3 Å². The van der Waals surface area contributed by atoms with Crippen LogP contribution in [0, 0.1) is 0 Å². The molecule has 0 unspecified atom stereocenters. The predicted molar refractivity (Wildman–Crippen MR) is 101 cm³/mol. The number of aromatic nitrogens is 1. The molecule has 3 aromatic rings. The fourth-order valence-electron chi connectivity index (χ4n) is 2.24. The van der Waals surface area contributed by atoms with Gasteiger partial charge >= 0.3 is 0 Å². The smallest absolute Gasteiger partial charge is 0.274 e. The summed E-state index contributed by atoms with van der Waals surface area (Å²) in [5.74, 6) is 0.169. The number of benzene rings is 1. The molecule has 1 amide bonds. The van der Waals surface area contributed by atoms with Crippen molar-refractivity contribution < 1.29 is 9.53 Å². The van der Waals surface area contributed by atoms with Crippen molar-refractivity contribution in [1.29, 1.82) is 0 Å². The van der Waals surface area contributed by atoms with Gasteiger partial charge in [-0.05, 0) is 30.3 Å². The summed E-state index contributed by atoms with van der Waals surface area (Å²) in [5, 5.41) is 4.35. The molecule has 1 aromatic carbocycles. The topological polar surface area (TPSA) is 119 Å². The van der Waals surface area contributed by atoms with Crippen molar-refractivity contribution in [3.8, 4) is 10.8 Å². The number of nitrogens with one attached hydrogen (secondary N) is 2. The van der Waals surface area contributed by atoms with Gasteiger partial charge in [-0.3, -0.25) is 15.1 Å². The first kappa shape index (κ1) is 17.3. The summed E-state index contributed by atoms with van der Waals surface area (Å²) in [5.41, 5.74) is 12.1. The van der Waals surface area contributed by atoms with Gasteiger partial charge in [0.1, 0.15) is 5.69 Å². The minimum absolute atomic E-state index is 0.0270. The van der Waals surface area contributed by atoms with Crippen LogP contribution in [0.15, 0.2) is 35.3 Å². The number of rotatable bonds is 4. The van der Waals surface area contributed by atoms with Crippen LogP contribution in [0.1, 0.15) is 15.4 Å². The number of thiophene rings is 1. The Labute approximate surface area is 152 Å². The molecule has 130 valence electrons. The quantitative estimate of drug-likeness (QED) is 0.413. The third-order valence-electron chi connectivity index (χ3n) is 3.48. The van der Waals surface area contributed by atoms with Gasteiger partial charge in [0.25, 0.3) is 5.91 Å². The van der Waals surface area contributed by atoms with Crippen LogP contribution < -0.4 is 21.5 Å². The second-order valence-corrected chi connectivity index (χ2v) is 6.65. The van der Waals surface area contributed by atoms with E-state index in [2.05, 4.69) is 15.3 Å². The number of fused-ring (bicyclic) bond motifs is 1. The summed E-state index contributed by atoms with van der Waals surface area (Å²) in [7, 11) is 1.49. The molecule has 25 heavy (non-hydrogen) atoms. The number of carbonyl (C=O) groups is 1. The minimum atomic E-state index is -0.414. The zero-order valence-corrected chi connectivity index (χ0v) is 14.9. The van der Waals surface area contributed by atoms with Crippen molar-refractivity contribution >= 4 is 45.7 Å². The predicted octanol–water partition coefficient (Wildman–Crippen LogP) is 2.81. The number of nitrogens with zero attached hydrogens (tertiary/aromatic N) is 1. The van der Waals surface area contributed by atoms with Gasteiger partial charge in [0.05, 0.1) is 10.5 Å². The van der Waals surface area contributed by atoms with Crippen LogP contribution in [0.2, 0.25) is 5.02 Å². The van der Waals surface area contributed by atoms with Crippen LogP contribution in [0.5, 0.6) is 10.8 Å². The first-order valence-corrected chi connectivity index (χ1v) is 8.52. The summed E-state index contributed by atoms with van der Waals surface area (Å²) in [6.07, 6.45) is 0. The van der Waals surface area contributed by atoms with Gasteiger partial charge in [0.15, 0.2) is 16.8 Å². The van der Waals surface area contributed by atoms with E-state index in [4.69, 9.17) is 27.8 Å². The standard InChI is InChI=1S/C16H16ClN5O2S/c1-20-16(19)22-15(23)11-6-9-10(17)3-4-12(14(9)21-11)24-13-5-2-8(7-18)25-13/h2-6,21H,7,18H2,1H3,(H3,19,20,22,23). The number of ether oxygens (including phenoxy) is 1. The molecule has 0 saturated carbocycles. The molecule has 9 heteroatoms. The third-order valence-corrected chi connectivity index (χ3v) is 4.79. The van der Waals surface area contributed by atoms with Gasteiger partial charge in [-0.15, -0.1) is 11.3 Å².